The molecule has 0 unspecified atom stereocenters. The highest BCUT2D eigenvalue weighted by molar-refractivity contribution is 5.81. The molecule has 6 nitrogen and oxygen atoms in total. The number of piperidine rings is 2. The van der Waals surface area contributed by atoms with Gasteiger partial charge in [0.15, 0.2) is 0 Å². The predicted octanol–water partition coefficient (Wildman–Crippen LogP) is 2.72. The lowest BCUT2D eigenvalue weighted by Crippen LogP contribution is -2.40. The van der Waals surface area contributed by atoms with Crippen LogP contribution >= 0.6 is 0 Å². The van der Waals surface area contributed by atoms with Gasteiger partial charge in [0, 0.05) is 49.5 Å². The zero-order valence-corrected chi connectivity index (χ0v) is 17.5. The van der Waals surface area contributed by atoms with Gasteiger partial charge in [0.25, 0.3) is 5.56 Å². The number of hydrogen-bond donors (Lipinski definition) is 1. The Morgan fingerprint density at radius 2 is 1.89 bits per heavy atom. The Morgan fingerprint density at radius 1 is 1.18 bits per heavy atom. The smallest absolute Gasteiger partial charge is 0.251 e. The number of carbonyl (C=O) groups excluding carboxylic acids is 1. The van der Waals surface area contributed by atoms with Crippen LogP contribution in [0.3, 0.4) is 0 Å². The van der Waals surface area contributed by atoms with Crippen LogP contribution in [-0.2, 0) is 4.79 Å². The molecule has 4 rings (SSSR count). The van der Waals surface area contributed by atoms with Gasteiger partial charge in [-0.2, -0.15) is 0 Å². The van der Waals surface area contributed by atoms with Crippen LogP contribution in [-0.4, -0.2) is 57.9 Å². The monoisotopic (exact) mass is 386 g/mol. The SMILES string of the molecule is CC(C)N1CCC[C@H](c2cc(=O)[nH]c(C3CCN(C(=O)[C@@H]4C[C@H]4C)CC3)n2)C1. The molecule has 2 saturated heterocycles. The number of hydrogen-bond acceptors (Lipinski definition) is 4. The first kappa shape index (κ1) is 19.6. The first-order chi connectivity index (χ1) is 13.4. The Hall–Kier alpha value is -1.69. The molecule has 6 heteroatoms. The summed E-state index contributed by atoms with van der Waals surface area (Å²) in [7, 11) is 0. The van der Waals surface area contributed by atoms with E-state index in [1.54, 1.807) is 6.07 Å². The maximum atomic E-state index is 12.5. The molecule has 3 atom stereocenters. The number of amides is 1. The Labute approximate surface area is 167 Å². The van der Waals surface area contributed by atoms with Crippen molar-refractivity contribution in [1.29, 1.82) is 0 Å². The summed E-state index contributed by atoms with van der Waals surface area (Å²) in [6, 6.07) is 2.23. The highest BCUT2D eigenvalue weighted by Crippen LogP contribution is 2.40. The fourth-order valence-corrected chi connectivity index (χ4v) is 4.89. The highest BCUT2D eigenvalue weighted by Gasteiger charge is 2.42. The van der Waals surface area contributed by atoms with Gasteiger partial charge in [0.2, 0.25) is 5.91 Å². The van der Waals surface area contributed by atoms with Crippen LogP contribution in [0.25, 0.3) is 0 Å². The molecule has 154 valence electrons. The normalized spacial score (nSPS) is 29.3. The third kappa shape index (κ3) is 4.17. The van der Waals surface area contributed by atoms with Crippen molar-refractivity contribution < 1.29 is 4.79 Å². The number of likely N-dealkylation sites (tertiary alicyclic amines) is 2. The van der Waals surface area contributed by atoms with Gasteiger partial charge in [0.1, 0.15) is 5.82 Å². The third-order valence-electron chi connectivity index (χ3n) is 7.00. The van der Waals surface area contributed by atoms with Gasteiger partial charge in [-0.05, 0) is 58.4 Å². The fourth-order valence-electron chi connectivity index (χ4n) is 4.89. The third-order valence-corrected chi connectivity index (χ3v) is 7.00. The number of aromatic nitrogens is 2. The summed E-state index contributed by atoms with van der Waals surface area (Å²) in [6.07, 6.45) is 5.09. The fraction of sp³-hybridized carbons (Fsp3) is 0.773. The van der Waals surface area contributed by atoms with E-state index in [1.165, 1.54) is 0 Å². The van der Waals surface area contributed by atoms with E-state index in [0.717, 1.165) is 69.8 Å². The lowest BCUT2D eigenvalue weighted by molar-refractivity contribution is -0.133. The topological polar surface area (TPSA) is 69.3 Å². The second kappa shape index (κ2) is 7.97. The largest absolute Gasteiger partial charge is 0.342 e. The van der Waals surface area contributed by atoms with E-state index in [9.17, 15) is 9.59 Å². The minimum absolute atomic E-state index is 0.0352. The standard InChI is InChI=1S/C22H34N4O2/c1-14(2)26-8-4-5-17(13-26)19-12-20(27)24-21(23-19)16-6-9-25(10-7-16)22(28)18-11-15(18)3/h12,14-18H,4-11,13H2,1-3H3,(H,23,24,27)/t15-,17+,18-/m1/s1. The lowest BCUT2D eigenvalue weighted by atomic mass is 9.92. The van der Waals surface area contributed by atoms with E-state index in [-0.39, 0.29) is 17.4 Å². The van der Waals surface area contributed by atoms with Gasteiger partial charge in [0.05, 0.1) is 5.69 Å². The van der Waals surface area contributed by atoms with Gasteiger partial charge in [-0.3, -0.25) is 9.59 Å². The van der Waals surface area contributed by atoms with E-state index in [0.29, 0.717) is 23.8 Å². The molecular formula is C22H34N4O2. The van der Waals surface area contributed by atoms with E-state index in [2.05, 4.69) is 30.7 Å². The zero-order valence-electron chi connectivity index (χ0n) is 17.5. The maximum absolute atomic E-state index is 12.5. The van der Waals surface area contributed by atoms with Gasteiger partial charge >= 0.3 is 0 Å². The molecule has 1 aromatic rings. The molecule has 1 saturated carbocycles. The number of H-pyrrole nitrogens is 1. The van der Waals surface area contributed by atoms with Crippen molar-refractivity contribution in [3.05, 3.63) is 27.9 Å². The van der Waals surface area contributed by atoms with Crippen molar-refractivity contribution >= 4 is 5.91 Å². The zero-order chi connectivity index (χ0) is 19.8. The van der Waals surface area contributed by atoms with Gasteiger partial charge in [-0.1, -0.05) is 6.92 Å². The van der Waals surface area contributed by atoms with Crippen molar-refractivity contribution in [3.63, 3.8) is 0 Å². The summed E-state index contributed by atoms with van der Waals surface area (Å²) in [6.45, 7) is 10.3. The van der Waals surface area contributed by atoms with Crippen LogP contribution in [0.1, 0.15) is 76.2 Å². The van der Waals surface area contributed by atoms with Crippen molar-refractivity contribution in [2.45, 2.75) is 70.8 Å². The number of rotatable bonds is 4. The molecule has 1 aliphatic carbocycles. The van der Waals surface area contributed by atoms with Crippen LogP contribution in [0.5, 0.6) is 0 Å². The Bertz CT molecular complexity index is 766. The quantitative estimate of drug-likeness (QED) is 0.864. The minimum Gasteiger partial charge on any atom is -0.342 e. The average Bonchev–Trinajstić information content (AvgIpc) is 3.43. The first-order valence-corrected chi connectivity index (χ1v) is 11.1. The number of nitrogens with zero attached hydrogens (tertiary/aromatic N) is 3. The summed E-state index contributed by atoms with van der Waals surface area (Å²) in [5.41, 5.74) is 0.918. The van der Waals surface area contributed by atoms with Crippen LogP contribution in [0.2, 0.25) is 0 Å². The Morgan fingerprint density at radius 3 is 2.54 bits per heavy atom. The summed E-state index contributed by atoms with van der Waals surface area (Å²) in [5.74, 6) is 2.57. The van der Waals surface area contributed by atoms with Gasteiger partial charge in [-0.25, -0.2) is 4.98 Å². The van der Waals surface area contributed by atoms with Gasteiger partial charge < -0.3 is 14.8 Å². The minimum atomic E-state index is -0.0352. The molecule has 0 spiro atoms. The second-order valence-electron chi connectivity index (χ2n) is 9.40. The molecular weight excluding hydrogens is 352 g/mol. The molecule has 0 aromatic carbocycles. The van der Waals surface area contributed by atoms with Crippen LogP contribution in [0.15, 0.2) is 10.9 Å². The molecule has 3 aliphatic rings. The molecule has 1 amide bonds. The van der Waals surface area contributed by atoms with Crippen molar-refractivity contribution in [1.82, 2.24) is 19.8 Å². The number of nitrogens with one attached hydrogen (secondary N) is 1. The molecule has 28 heavy (non-hydrogen) atoms. The van der Waals surface area contributed by atoms with Crippen molar-refractivity contribution in [3.8, 4) is 0 Å². The van der Waals surface area contributed by atoms with Crippen LogP contribution < -0.4 is 5.56 Å². The summed E-state index contributed by atoms with van der Waals surface area (Å²) < 4.78 is 0. The first-order valence-electron chi connectivity index (χ1n) is 11.1. The van der Waals surface area contributed by atoms with E-state index < -0.39 is 0 Å². The molecule has 1 aromatic heterocycles. The Kier molecular flexibility index (Phi) is 5.59. The second-order valence-corrected chi connectivity index (χ2v) is 9.40. The number of carbonyl (C=O) groups is 1. The molecule has 0 bridgehead atoms. The molecule has 3 heterocycles. The van der Waals surface area contributed by atoms with Crippen molar-refractivity contribution in [2.75, 3.05) is 26.2 Å². The van der Waals surface area contributed by atoms with E-state index in [1.807, 2.05) is 4.90 Å². The van der Waals surface area contributed by atoms with Crippen molar-refractivity contribution in [2.24, 2.45) is 11.8 Å². The molecule has 0 radical (unpaired) electrons. The summed E-state index contributed by atoms with van der Waals surface area (Å²) >= 11 is 0. The van der Waals surface area contributed by atoms with Crippen LogP contribution in [0, 0.1) is 11.8 Å². The van der Waals surface area contributed by atoms with E-state index in [4.69, 9.17) is 4.98 Å². The van der Waals surface area contributed by atoms with Gasteiger partial charge in [-0.15, -0.1) is 0 Å². The highest BCUT2D eigenvalue weighted by atomic mass is 16.2. The molecule has 1 N–H and O–H groups in total. The van der Waals surface area contributed by atoms with Crippen LogP contribution in [0.4, 0.5) is 0 Å². The number of aromatic amines is 1. The maximum Gasteiger partial charge on any atom is 0.251 e. The Balaban J connectivity index is 1.43. The molecule has 3 fully saturated rings. The summed E-state index contributed by atoms with van der Waals surface area (Å²) in [4.78, 5) is 37.2. The molecule has 2 aliphatic heterocycles. The summed E-state index contributed by atoms with van der Waals surface area (Å²) in [5, 5.41) is 0. The van der Waals surface area contributed by atoms with E-state index >= 15 is 0 Å². The average molecular weight is 387 g/mol. The predicted molar refractivity (Wildman–Crippen MR) is 109 cm³/mol. The lowest BCUT2D eigenvalue weighted by Gasteiger charge is -2.35.